The summed E-state index contributed by atoms with van der Waals surface area (Å²) in [6, 6.07) is 6.69. The third-order valence-corrected chi connectivity index (χ3v) is 5.36. The van der Waals surface area contributed by atoms with Gasteiger partial charge in [0.1, 0.15) is 0 Å². The number of aromatic carboxylic acids is 1. The van der Waals surface area contributed by atoms with Crippen LogP contribution in [0.2, 0.25) is 0 Å². The summed E-state index contributed by atoms with van der Waals surface area (Å²) in [5.41, 5.74) is -0.00980. The van der Waals surface area contributed by atoms with Crippen molar-refractivity contribution in [1.29, 1.82) is 0 Å². The van der Waals surface area contributed by atoms with E-state index in [2.05, 4.69) is 15.5 Å². The molecule has 0 aliphatic heterocycles. The van der Waals surface area contributed by atoms with Crippen LogP contribution in [-0.2, 0) is 5.54 Å². The molecule has 0 bridgehead atoms. The van der Waals surface area contributed by atoms with Gasteiger partial charge in [0, 0.05) is 16.6 Å². The van der Waals surface area contributed by atoms with Crippen LogP contribution < -0.4 is 5.32 Å². The molecule has 0 atom stereocenters. The summed E-state index contributed by atoms with van der Waals surface area (Å²) < 4.78 is 0.787. The van der Waals surface area contributed by atoms with Crippen LogP contribution >= 0.6 is 11.3 Å². The Kier molecular flexibility index (Phi) is 3.34. The van der Waals surface area contributed by atoms with Crippen LogP contribution in [0.5, 0.6) is 0 Å². The number of nitrogens with one attached hydrogen (secondary N) is 1. The van der Waals surface area contributed by atoms with E-state index in [0.717, 1.165) is 17.5 Å². The van der Waals surface area contributed by atoms with E-state index in [4.69, 9.17) is 0 Å². The van der Waals surface area contributed by atoms with E-state index >= 15 is 0 Å². The molecular formula is C16H14N4O3S. The van der Waals surface area contributed by atoms with Crippen molar-refractivity contribution < 1.29 is 14.7 Å². The molecule has 1 saturated carbocycles. The van der Waals surface area contributed by atoms with E-state index in [9.17, 15) is 14.7 Å². The maximum Gasteiger partial charge on any atom is 0.336 e. The first-order valence-corrected chi connectivity index (χ1v) is 8.32. The summed E-state index contributed by atoms with van der Waals surface area (Å²) in [5, 5.41) is 21.1. The van der Waals surface area contributed by atoms with Gasteiger partial charge in [-0.3, -0.25) is 4.79 Å². The molecule has 1 aromatic carbocycles. The Labute approximate surface area is 140 Å². The number of amides is 1. The highest BCUT2D eigenvalue weighted by Crippen LogP contribution is 2.41. The SMILES string of the molecule is O=C(NCC1(n2nccn2)CC1)c1cc2c(C(=O)O)cccc2s1. The monoisotopic (exact) mass is 342 g/mol. The van der Waals surface area contributed by atoms with Crippen molar-refractivity contribution in [3.8, 4) is 0 Å². The highest BCUT2D eigenvalue weighted by atomic mass is 32.1. The van der Waals surface area contributed by atoms with Crippen molar-refractivity contribution in [2.24, 2.45) is 0 Å². The van der Waals surface area contributed by atoms with Crippen molar-refractivity contribution in [3.63, 3.8) is 0 Å². The number of carboxylic acids is 1. The number of hydrogen-bond donors (Lipinski definition) is 2. The van der Waals surface area contributed by atoms with Gasteiger partial charge >= 0.3 is 5.97 Å². The predicted molar refractivity (Wildman–Crippen MR) is 88.3 cm³/mol. The summed E-state index contributed by atoms with van der Waals surface area (Å²) in [7, 11) is 0. The Morgan fingerprint density at radius 3 is 2.71 bits per heavy atom. The van der Waals surface area contributed by atoms with E-state index in [1.54, 1.807) is 35.4 Å². The van der Waals surface area contributed by atoms with Gasteiger partial charge < -0.3 is 10.4 Å². The number of aromatic nitrogens is 3. The highest BCUT2D eigenvalue weighted by molar-refractivity contribution is 7.20. The normalized spacial score (nSPS) is 15.3. The van der Waals surface area contributed by atoms with E-state index in [1.807, 2.05) is 6.07 Å². The summed E-state index contributed by atoms with van der Waals surface area (Å²) in [4.78, 5) is 25.9. The van der Waals surface area contributed by atoms with Gasteiger partial charge in [0.25, 0.3) is 5.91 Å². The van der Waals surface area contributed by atoms with Crippen molar-refractivity contribution >= 4 is 33.3 Å². The fraction of sp³-hybridized carbons (Fsp3) is 0.250. The summed E-state index contributed by atoms with van der Waals surface area (Å²) in [6.45, 7) is 0.459. The molecule has 24 heavy (non-hydrogen) atoms. The number of nitrogens with zero attached hydrogens (tertiary/aromatic N) is 3. The van der Waals surface area contributed by atoms with Crippen LogP contribution in [0.4, 0.5) is 0 Å². The van der Waals surface area contributed by atoms with Gasteiger partial charge in [-0.1, -0.05) is 6.07 Å². The van der Waals surface area contributed by atoms with Gasteiger partial charge in [-0.15, -0.1) is 11.3 Å². The summed E-state index contributed by atoms with van der Waals surface area (Å²) >= 11 is 1.29. The van der Waals surface area contributed by atoms with Crippen LogP contribution in [0.15, 0.2) is 36.7 Å². The number of carbonyl (C=O) groups excluding carboxylic acids is 1. The first-order chi connectivity index (χ1) is 11.6. The standard InChI is InChI=1S/C16H14N4O3S/c21-14(17-9-16(4-5-16)20-18-6-7-19-20)13-8-11-10(15(22)23)2-1-3-12(11)24-13/h1-3,6-8H,4-5,9H2,(H,17,21)(H,22,23). The molecule has 7 nitrogen and oxygen atoms in total. The molecular weight excluding hydrogens is 328 g/mol. The van der Waals surface area contributed by atoms with Crippen molar-refractivity contribution in [1.82, 2.24) is 20.3 Å². The highest BCUT2D eigenvalue weighted by Gasteiger charge is 2.46. The summed E-state index contributed by atoms with van der Waals surface area (Å²) in [6.07, 6.45) is 5.11. The zero-order chi connectivity index (χ0) is 16.7. The van der Waals surface area contributed by atoms with Crippen LogP contribution in [0, 0.1) is 0 Å². The van der Waals surface area contributed by atoms with Crippen LogP contribution in [0.1, 0.15) is 32.9 Å². The van der Waals surface area contributed by atoms with E-state index in [0.29, 0.717) is 16.8 Å². The van der Waals surface area contributed by atoms with Gasteiger partial charge in [-0.05, 0) is 31.0 Å². The second kappa shape index (κ2) is 5.41. The Bertz CT molecular complexity index is 928. The fourth-order valence-electron chi connectivity index (χ4n) is 2.74. The minimum atomic E-state index is -0.993. The molecule has 1 aliphatic rings. The average Bonchev–Trinajstić information content (AvgIpc) is 3.02. The average molecular weight is 342 g/mol. The Hall–Kier alpha value is -2.74. The summed E-state index contributed by atoms with van der Waals surface area (Å²) in [5.74, 6) is -1.20. The molecule has 4 rings (SSSR count). The first-order valence-electron chi connectivity index (χ1n) is 7.50. The Morgan fingerprint density at radius 2 is 2.04 bits per heavy atom. The molecule has 1 amide bonds. The molecule has 8 heteroatoms. The third kappa shape index (κ3) is 2.44. The van der Waals surface area contributed by atoms with E-state index in [1.165, 1.54) is 11.3 Å². The Morgan fingerprint density at radius 1 is 1.29 bits per heavy atom. The third-order valence-electron chi connectivity index (χ3n) is 4.26. The molecule has 1 fully saturated rings. The zero-order valence-electron chi connectivity index (χ0n) is 12.6. The lowest BCUT2D eigenvalue weighted by Crippen LogP contribution is -2.36. The minimum Gasteiger partial charge on any atom is -0.478 e. The molecule has 3 aromatic rings. The van der Waals surface area contributed by atoms with Gasteiger partial charge in [0.05, 0.1) is 28.4 Å². The number of thiophene rings is 1. The topological polar surface area (TPSA) is 97.1 Å². The second-order valence-corrected chi connectivity index (χ2v) is 6.94. The zero-order valence-corrected chi connectivity index (χ0v) is 13.4. The molecule has 122 valence electrons. The predicted octanol–water partition coefficient (Wildman–Crippen LogP) is 2.11. The quantitative estimate of drug-likeness (QED) is 0.740. The molecule has 0 unspecified atom stereocenters. The van der Waals surface area contributed by atoms with Gasteiger partial charge in [-0.25, -0.2) is 4.79 Å². The number of hydrogen-bond acceptors (Lipinski definition) is 5. The van der Waals surface area contributed by atoms with Gasteiger partial charge in [0.2, 0.25) is 0 Å². The molecule has 0 saturated heterocycles. The molecule has 2 N–H and O–H groups in total. The maximum atomic E-state index is 12.4. The number of carboxylic acid groups (broad SMARTS) is 1. The number of rotatable bonds is 5. The number of benzene rings is 1. The smallest absolute Gasteiger partial charge is 0.336 e. The second-order valence-electron chi connectivity index (χ2n) is 5.86. The largest absolute Gasteiger partial charge is 0.478 e. The lowest BCUT2D eigenvalue weighted by molar-refractivity contribution is 0.0698. The number of carbonyl (C=O) groups is 2. The molecule has 2 heterocycles. The van der Waals surface area contributed by atoms with Gasteiger partial charge in [-0.2, -0.15) is 15.0 Å². The molecule has 0 spiro atoms. The van der Waals surface area contributed by atoms with E-state index in [-0.39, 0.29) is 17.0 Å². The van der Waals surface area contributed by atoms with Crippen molar-refractivity contribution in [2.75, 3.05) is 6.54 Å². The first kappa shape index (κ1) is 14.8. The van der Waals surface area contributed by atoms with Crippen molar-refractivity contribution in [3.05, 3.63) is 47.1 Å². The van der Waals surface area contributed by atoms with Crippen LogP contribution in [-0.4, -0.2) is 38.5 Å². The number of fused-ring (bicyclic) bond motifs is 1. The van der Waals surface area contributed by atoms with Crippen LogP contribution in [0.25, 0.3) is 10.1 Å². The minimum absolute atomic E-state index is 0.203. The maximum absolute atomic E-state index is 12.4. The lowest BCUT2D eigenvalue weighted by atomic mass is 10.1. The lowest BCUT2D eigenvalue weighted by Gasteiger charge is -2.14. The molecule has 1 aliphatic carbocycles. The van der Waals surface area contributed by atoms with Crippen LogP contribution in [0.3, 0.4) is 0 Å². The van der Waals surface area contributed by atoms with Crippen molar-refractivity contribution in [2.45, 2.75) is 18.4 Å². The van der Waals surface area contributed by atoms with E-state index < -0.39 is 5.97 Å². The fourth-order valence-corrected chi connectivity index (χ4v) is 3.75. The molecule has 2 aromatic heterocycles. The molecule has 0 radical (unpaired) electrons. The van der Waals surface area contributed by atoms with Gasteiger partial charge in [0.15, 0.2) is 0 Å². The Balaban J connectivity index is 1.54.